The van der Waals surface area contributed by atoms with Crippen molar-refractivity contribution in [2.24, 2.45) is 0 Å². The molecule has 7 heteroatoms. The highest BCUT2D eigenvalue weighted by molar-refractivity contribution is 7.80. The minimum Gasteiger partial charge on any atom is -0.496 e. The third-order valence-electron chi connectivity index (χ3n) is 4.47. The van der Waals surface area contributed by atoms with Crippen molar-refractivity contribution in [2.75, 3.05) is 17.7 Å². The van der Waals surface area contributed by atoms with Gasteiger partial charge in [-0.05, 0) is 73.2 Å². The van der Waals surface area contributed by atoms with E-state index < -0.39 is 0 Å². The summed E-state index contributed by atoms with van der Waals surface area (Å²) in [5, 5.41) is 9.55. The lowest BCUT2D eigenvalue weighted by molar-refractivity contribution is 0.102. The van der Waals surface area contributed by atoms with Gasteiger partial charge in [-0.15, -0.1) is 0 Å². The third-order valence-corrected chi connectivity index (χ3v) is 4.69. The molecule has 0 aliphatic carbocycles. The fourth-order valence-electron chi connectivity index (χ4n) is 2.87. The van der Waals surface area contributed by atoms with Crippen molar-refractivity contribution < 1.29 is 13.9 Å². The maximum atomic E-state index is 13.1. The second-order valence-electron chi connectivity index (χ2n) is 6.60. The molecule has 3 N–H and O–H groups in total. The molecule has 0 saturated heterocycles. The first-order valence-electron chi connectivity index (χ1n) is 9.33. The van der Waals surface area contributed by atoms with Gasteiger partial charge in [-0.2, -0.15) is 0 Å². The number of carbonyl (C=O) groups excluding carboxylic acids is 1. The van der Waals surface area contributed by atoms with Gasteiger partial charge in [0.1, 0.15) is 11.6 Å². The molecule has 3 rings (SSSR count). The van der Waals surface area contributed by atoms with Crippen molar-refractivity contribution in [1.29, 1.82) is 0 Å². The smallest absolute Gasteiger partial charge is 0.259 e. The Labute approximate surface area is 180 Å². The first-order chi connectivity index (χ1) is 14.5. The van der Waals surface area contributed by atoms with Crippen molar-refractivity contribution in [3.8, 4) is 5.75 Å². The molecule has 5 nitrogen and oxygen atoms in total. The lowest BCUT2D eigenvalue weighted by atomic mass is 10.1. The van der Waals surface area contributed by atoms with Crippen LogP contribution in [0.5, 0.6) is 5.75 Å². The van der Waals surface area contributed by atoms with E-state index in [-0.39, 0.29) is 17.8 Å². The zero-order valence-corrected chi connectivity index (χ0v) is 17.4. The summed E-state index contributed by atoms with van der Waals surface area (Å²) < 4.78 is 18.3. The number of hydrogen-bond acceptors (Lipinski definition) is 3. The molecular formula is C23H22FN3O2S. The second-order valence-corrected chi connectivity index (χ2v) is 7.01. The summed E-state index contributed by atoms with van der Waals surface area (Å²) in [7, 11) is 1.53. The van der Waals surface area contributed by atoms with Gasteiger partial charge in [0.2, 0.25) is 0 Å². The number of benzene rings is 3. The quantitative estimate of drug-likeness (QED) is 0.480. The number of anilines is 2. The van der Waals surface area contributed by atoms with Crippen molar-refractivity contribution in [1.82, 2.24) is 5.32 Å². The summed E-state index contributed by atoms with van der Waals surface area (Å²) in [5.41, 5.74) is 2.81. The summed E-state index contributed by atoms with van der Waals surface area (Å²) in [6.45, 7) is 1.94. The largest absolute Gasteiger partial charge is 0.496 e. The average molecular weight is 424 g/mol. The van der Waals surface area contributed by atoms with Crippen LogP contribution >= 0.6 is 12.2 Å². The molecule has 1 amide bonds. The van der Waals surface area contributed by atoms with E-state index in [1.807, 2.05) is 25.1 Å². The normalized spacial score (nSPS) is 11.3. The van der Waals surface area contributed by atoms with Crippen LogP contribution in [0.1, 0.15) is 28.9 Å². The minimum atomic E-state index is -0.274. The molecule has 0 spiro atoms. The first-order valence-corrected chi connectivity index (χ1v) is 9.74. The molecule has 0 heterocycles. The van der Waals surface area contributed by atoms with Crippen LogP contribution in [0.25, 0.3) is 0 Å². The number of para-hydroxylation sites is 1. The molecule has 0 aliphatic rings. The molecule has 154 valence electrons. The lowest BCUT2D eigenvalue weighted by Gasteiger charge is -2.17. The van der Waals surface area contributed by atoms with Crippen molar-refractivity contribution >= 4 is 34.6 Å². The summed E-state index contributed by atoms with van der Waals surface area (Å²) in [6, 6.07) is 20.4. The Balaban J connectivity index is 1.57. The third kappa shape index (κ3) is 5.55. The van der Waals surface area contributed by atoms with Gasteiger partial charge in [0.25, 0.3) is 5.91 Å². The predicted molar refractivity (Wildman–Crippen MR) is 122 cm³/mol. The maximum absolute atomic E-state index is 13.1. The fraction of sp³-hybridized carbons (Fsp3) is 0.130. The lowest BCUT2D eigenvalue weighted by Crippen LogP contribution is -2.30. The van der Waals surface area contributed by atoms with Crippen LogP contribution in [0.4, 0.5) is 15.8 Å². The Bertz CT molecular complexity index is 1020. The summed E-state index contributed by atoms with van der Waals surface area (Å²) >= 11 is 5.35. The van der Waals surface area contributed by atoms with E-state index in [4.69, 9.17) is 17.0 Å². The van der Waals surface area contributed by atoms with Crippen molar-refractivity contribution in [3.05, 3.63) is 89.7 Å². The Hall–Kier alpha value is -3.45. The number of hydrogen-bond donors (Lipinski definition) is 3. The van der Waals surface area contributed by atoms with E-state index in [1.165, 1.54) is 19.2 Å². The van der Waals surface area contributed by atoms with Gasteiger partial charge in [0.15, 0.2) is 5.11 Å². The fourth-order valence-corrected chi connectivity index (χ4v) is 3.16. The van der Waals surface area contributed by atoms with Crippen LogP contribution in [0.2, 0.25) is 0 Å². The molecule has 0 radical (unpaired) electrons. The topological polar surface area (TPSA) is 62.4 Å². The van der Waals surface area contributed by atoms with Gasteiger partial charge in [0.05, 0.1) is 18.7 Å². The summed E-state index contributed by atoms with van der Waals surface area (Å²) in [6.07, 6.45) is 0. The number of rotatable bonds is 6. The molecule has 3 aromatic rings. The van der Waals surface area contributed by atoms with E-state index >= 15 is 0 Å². The second kappa shape index (κ2) is 9.84. The number of thiocarbonyl (C=S) groups is 1. The highest BCUT2D eigenvalue weighted by atomic mass is 32.1. The summed E-state index contributed by atoms with van der Waals surface area (Å²) in [5.74, 6) is -0.0111. The number of carbonyl (C=O) groups is 1. The molecule has 0 fully saturated rings. The zero-order chi connectivity index (χ0) is 21.5. The number of amides is 1. The van der Waals surface area contributed by atoms with Gasteiger partial charge < -0.3 is 20.7 Å². The van der Waals surface area contributed by atoms with Gasteiger partial charge in [-0.25, -0.2) is 4.39 Å². The van der Waals surface area contributed by atoms with E-state index in [0.717, 1.165) is 11.3 Å². The molecule has 30 heavy (non-hydrogen) atoms. The Morgan fingerprint density at radius 1 is 0.933 bits per heavy atom. The van der Waals surface area contributed by atoms with Crippen LogP contribution in [0, 0.1) is 5.82 Å². The van der Waals surface area contributed by atoms with Gasteiger partial charge in [0, 0.05) is 11.4 Å². The van der Waals surface area contributed by atoms with Gasteiger partial charge >= 0.3 is 0 Å². The number of ether oxygens (including phenoxy) is 1. The molecular weight excluding hydrogens is 401 g/mol. The number of methoxy groups -OCH3 is 1. The maximum Gasteiger partial charge on any atom is 0.259 e. The Kier molecular flexibility index (Phi) is 6.98. The predicted octanol–water partition coefficient (Wildman–Crippen LogP) is 5.13. The number of halogens is 1. The van der Waals surface area contributed by atoms with Gasteiger partial charge in [-0.3, -0.25) is 4.79 Å². The van der Waals surface area contributed by atoms with E-state index in [9.17, 15) is 9.18 Å². The van der Waals surface area contributed by atoms with Gasteiger partial charge in [-0.1, -0.05) is 24.3 Å². The van der Waals surface area contributed by atoms with Crippen LogP contribution in [0.3, 0.4) is 0 Å². The van der Waals surface area contributed by atoms with E-state index in [0.29, 0.717) is 22.1 Å². The standard InChI is InChI=1S/C23H22FN3O2S/c1-15(16-7-9-17(24)10-8-16)25-23(30)27-19-13-11-18(12-14-19)26-22(28)20-5-3-4-6-21(20)29-2/h3-15H,1-2H3,(H,26,28)(H2,25,27,30)/t15-/m1/s1. The molecule has 0 aromatic heterocycles. The highest BCUT2D eigenvalue weighted by Gasteiger charge is 2.12. The minimum absolute atomic E-state index is 0.0787. The molecule has 0 bridgehead atoms. The zero-order valence-electron chi connectivity index (χ0n) is 16.6. The van der Waals surface area contributed by atoms with Crippen molar-refractivity contribution in [2.45, 2.75) is 13.0 Å². The number of nitrogens with one attached hydrogen (secondary N) is 3. The SMILES string of the molecule is COc1ccccc1C(=O)Nc1ccc(NC(=S)N[C@H](C)c2ccc(F)cc2)cc1. The molecule has 3 aromatic carbocycles. The van der Waals surface area contributed by atoms with Crippen molar-refractivity contribution in [3.63, 3.8) is 0 Å². The highest BCUT2D eigenvalue weighted by Crippen LogP contribution is 2.20. The van der Waals surface area contributed by atoms with Crippen LogP contribution in [0.15, 0.2) is 72.8 Å². The first kappa shape index (κ1) is 21.3. The van der Waals surface area contributed by atoms with E-state index in [2.05, 4.69) is 16.0 Å². The molecule has 1 atom stereocenters. The molecule has 0 saturated carbocycles. The Morgan fingerprint density at radius 3 is 2.17 bits per heavy atom. The Morgan fingerprint density at radius 2 is 1.53 bits per heavy atom. The summed E-state index contributed by atoms with van der Waals surface area (Å²) in [4.78, 5) is 12.5. The van der Waals surface area contributed by atoms with Crippen LogP contribution < -0.4 is 20.7 Å². The van der Waals surface area contributed by atoms with E-state index in [1.54, 1.807) is 42.5 Å². The molecule has 0 aliphatic heterocycles. The van der Waals surface area contributed by atoms with Crippen LogP contribution in [-0.4, -0.2) is 18.1 Å². The molecule has 0 unspecified atom stereocenters. The average Bonchev–Trinajstić information content (AvgIpc) is 2.75. The van der Waals surface area contributed by atoms with Crippen LogP contribution in [-0.2, 0) is 0 Å². The monoisotopic (exact) mass is 423 g/mol.